The van der Waals surface area contributed by atoms with E-state index < -0.39 is 0 Å². The molecule has 4 N–H and O–H groups in total. The first-order valence-corrected chi connectivity index (χ1v) is 9.10. The van der Waals surface area contributed by atoms with Crippen molar-refractivity contribution in [1.29, 1.82) is 0 Å². The Kier molecular flexibility index (Phi) is 3.56. The lowest BCUT2D eigenvalue weighted by molar-refractivity contribution is 0.166. The second-order valence-electron chi connectivity index (χ2n) is 7.40. The zero-order valence-electron chi connectivity index (χ0n) is 14.3. The Labute approximate surface area is 150 Å². The predicted octanol–water partition coefficient (Wildman–Crippen LogP) is 2.59. The van der Waals surface area contributed by atoms with Gasteiger partial charge in [0.25, 0.3) is 0 Å². The van der Waals surface area contributed by atoms with Crippen LogP contribution >= 0.6 is 0 Å². The average Bonchev–Trinajstić information content (AvgIpc) is 3.41. The minimum atomic E-state index is -0.0468. The van der Waals surface area contributed by atoms with Crippen LogP contribution in [0.3, 0.4) is 0 Å². The third kappa shape index (κ3) is 2.42. The maximum absolute atomic E-state index is 10.2. The molecular weight excluding hydrogens is 330 g/mol. The van der Waals surface area contributed by atoms with Crippen molar-refractivity contribution in [3.8, 4) is 5.88 Å². The van der Waals surface area contributed by atoms with Gasteiger partial charge in [0.2, 0.25) is 11.8 Å². The molecule has 2 saturated carbocycles. The van der Waals surface area contributed by atoms with Gasteiger partial charge in [-0.1, -0.05) is 0 Å². The van der Waals surface area contributed by atoms with Gasteiger partial charge in [0.05, 0.1) is 0 Å². The van der Waals surface area contributed by atoms with Crippen LogP contribution in [0.15, 0.2) is 23.3 Å². The van der Waals surface area contributed by atoms with Crippen molar-refractivity contribution in [1.82, 2.24) is 15.0 Å². The van der Waals surface area contributed by atoms with Crippen molar-refractivity contribution in [2.45, 2.75) is 25.3 Å². The molecule has 2 aromatic heterocycles. The van der Waals surface area contributed by atoms with Gasteiger partial charge in [-0.3, -0.25) is 0 Å². The fraction of sp³-hybridized carbons (Fsp3) is 0.421. The number of aromatic amines is 1. The number of allylic oxidation sites excluding steroid dienone is 1. The third-order valence-corrected chi connectivity index (χ3v) is 6.04. The summed E-state index contributed by atoms with van der Waals surface area (Å²) in [7, 11) is 0. The van der Waals surface area contributed by atoms with Crippen LogP contribution in [-0.4, -0.2) is 44.0 Å². The SMILES string of the molecule is OC[C@H]1[C@H]2CC[C@H](C2)[C@@H]1Nc1nc(O)c(C=C2C=Nc3ncccc32)[nH]1. The number of rotatable bonds is 4. The molecule has 2 aliphatic carbocycles. The Bertz CT molecular complexity index is 903. The largest absolute Gasteiger partial charge is 0.492 e. The highest BCUT2D eigenvalue weighted by Crippen LogP contribution is 2.49. The molecule has 5 rings (SSSR count). The quantitative estimate of drug-likeness (QED) is 0.677. The fourth-order valence-electron chi connectivity index (χ4n) is 4.80. The van der Waals surface area contributed by atoms with E-state index in [1.54, 1.807) is 12.4 Å². The van der Waals surface area contributed by atoms with Crippen LogP contribution in [0.5, 0.6) is 5.88 Å². The van der Waals surface area contributed by atoms with E-state index in [1.165, 1.54) is 19.3 Å². The number of H-pyrrole nitrogens is 1. The molecule has 0 radical (unpaired) electrons. The molecule has 2 fully saturated rings. The smallest absolute Gasteiger partial charge is 0.238 e. The van der Waals surface area contributed by atoms with E-state index in [-0.39, 0.29) is 24.4 Å². The van der Waals surface area contributed by atoms with E-state index in [0.717, 1.165) is 11.1 Å². The highest BCUT2D eigenvalue weighted by molar-refractivity contribution is 6.20. The fourth-order valence-corrected chi connectivity index (χ4v) is 4.80. The Morgan fingerprint density at radius 2 is 2.19 bits per heavy atom. The first kappa shape index (κ1) is 15.6. The lowest BCUT2D eigenvalue weighted by Crippen LogP contribution is -2.37. The van der Waals surface area contributed by atoms with Crippen LogP contribution in [0, 0.1) is 17.8 Å². The highest BCUT2D eigenvalue weighted by atomic mass is 16.3. The lowest BCUT2D eigenvalue weighted by atomic mass is 9.85. The zero-order valence-corrected chi connectivity index (χ0v) is 14.3. The zero-order chi connectivity index (χ0) is 17.7. The number of hydrogen-bond acceptors (Lipinski definition) is 6. The number of aromatic nitrogens is 3. The molecule has 134 valence electrons. The van der Waals surface area contributed by atoms with Crippen LogP contribution in [0.4, 0.5) is 11.8 Å². The van der Waals surface area contributed by atoms with Gasteiger partial charge in [0.15, 0.2) is 5.82 Å². The van der Waals surface area contributed by atoms with Crippen molar-refractivity contribution in [2.75, 3.05) is 11.9 Å². The summed E-state index contributed by atoms with van der Waals surface area (Å²) in [6, 6.07) is 4.03. The molecule has 26 heavy (non-hydrogen) atoms. The van der Waals surface area contributed by atoms with Crippen LogP contribution in [0.2, 0.25) is 0 Å². The third-order valence-electron chi connectivity index (χ3n) is 6.04. The molecule has 0 amide bonds. The van der Waals surface area contributed by atoms with Crippen molar-refractivity contribution < 1.29 is 10.2 Å². The molecule has 0 spiro atoms. The molecule has 7 nitrogen and oxygen atoms in total. The number of aromatic hydroxyl groups is 1. The monoisotopic (exact) mass is 351 g/mol. The number of nitrogens with one attached hydrogen (secondary N) is 2. The number of fused-ring (bicyclic) bond motifs is 3. The van der Waals surface area contributed by atoms with Gasteiger partial charge in [-0.2, -0.15) is 4.98 Å². The van der Waals surface area contributed by atoms with E-state index in [4.69, 9.17) is 0 Å². The molecule has 3 aliphatic rings. The maximum Gasteiger partial charge on any atom is 0.238 e. The summed E-state index contributed by atoms with van der Waals surface area (Å²) < 4.78 is 0. The summed E-state index contributed by atoms with van der Waals surface area (Å²) in [4.78, 5) is 15.9. The average molecular weight is 351 g/mol. The molecule has 3 heterocycles. The number of pyridine rings is 1. The van der Waals surface area contributed by atoms with Crippen molar-refractivity contribution in [2.24, 2.45) is 22.7 Å². The topological polar surface area (TPSA) is 106 Å². The van der Waals surface area contributed by atoms with Gasteiger partial charge < -0.3 is 20.5 Å². The van der Waals surface area contributed by atoms with E-state index >= 15 is 0 Å². The summed E-state index contributed by atoms with van der Waals surface area (Å²) >= 11 is 0. The first-order valence-electron chi connectivity index (χ1n) is 9.10. The molecule has 2 bridgehead atoms. The minimum Gasteiger partial charge on any atom is -0.492 e. The number of aliphatic imine (C=N–C) groups is 1. The molecule has 7 heteroatoms. The van der Waals surface area contributed by atoms with Crippen LogP contribution in [0.1, 0.15) is 30.5 Å². The van der Waals surface area contributed by atoms with Gasteiger partial charge in [-0.15, -0.1) is 0 Å². The molecule has 0 aromatic carbocycles. The summed E-state index contributed by atoms with van der Waals surface area (Å²) in [5.74, 6) is 2.63. The number of hydrogen-bond donors (Lipinski definition) is 4. The number of aliphatic hydroxyl groups excluding tert-OH is 1. The molecular formula is C19H21N5O2. The van der Waals surface area contributed by atoms with Crippen LogP contribution < -0.4 is 5.32 Å². The molecule has 1 aliphatic heterocycles. The van der Waals surface area contributed by atoms with E-state index in [9.17, 15) is 10.2 Å². The molecule has 0 saturated heterocycles. The number of nitrogens with zero attached hydrogens (tertiary/aromatic N) is 3. The van der Waals surface area contributed by atoms with Crippen molar-refractivity contribution >= 4 is 29.6 Å². The Hall–Kier alpha value is -2.67. The normalized spacial score (nSPS) is 30.3. The highest BCUT2D eigenvalue weighted by Gasteiger charge is 2.47. The van der Waals surface area contributed by atoms with Crippen molar-refractivity contribution in [3.63, 3.8) is 0 Å². The van der Waals surface area contributed by atoms with Crippen LogP contribution in [-0.2, 0) is 0 Å². The van der Waals surface area contributed by atoms with Gasteiger partial charge in [-0.25, -0.2) is 9.98 Å². The maximum atomic E-state index is 10.2. The van der Waals surface area contributed by atoms with Crippen LogP contribution in [0.25, 0.3) is 11.6 Å². The standard InChI is InChI=1S/C19H21N5O2/c25-9-14-10-3-4-11(6-10)16(14)23-19-22-15(18(26)24-19)7-12-8-21-17-13(12)2-1-5-20-17/h1-2,5,7-8,10-11,14,16,25-26H,3-4,6,9H2,(H2,22,23,24)/t10-,11+,14-,16-/m0/s1. The Balaban J connectivity index is 1.39. The summed E-state index contributed by atoms with van der Waals surface area (Å²) in [6.07, 6.45) is 8.86. The first-order chi connectivity index (χ1) is 12.7. The van der Waals surface area contributed by atoms with Gasteiger partial charge in [-0.05, 0) is 49.3 Å². The Morgan fingerprint density at radius 1 is 1.31 bits per heavy atom. The summed E-state index contributed by atoms with van der Waals surface area (Å²) in [5.41, 5.74) is 2.35. The van der Waals surface area contributed by atoms with E-state index in [0.29, 0.717) is 29.3 Å². The van der Waals surface area contributed by atoms with Gasteiger partial charge in [0, 0.05) is 42.1 Å². The lowest BCUT2D eigenvalue weighted by Gasteiger charge is -2.30. The van der Waals surface area contributed by atoms with E-state index in [1.807, 2.05) is 18.2 Å². The van der Waals surface area contributed by atoms with Gasteiger partial charge in [0.1, 0.15) is 5.69 Å². The second kappa shape index (κ2) is 5.95. The molecule has 0 unspecified atom stereocenters. The minimum absolute atomic E-state index is 0.0468. The number of anilines is 1. The second-order valence-corrected chi connectivity index (χ2v) is 7.40. The molecule has 4 atom stereocenters. The summed E-state index contributed by atoms with van der Waals surface area (Å²) in [6.45, 7) is 0.197. The number of imidazole rings is 1. The number of aliphatic hydroxyl groups is 1. The van der Waals surface area contributed by atoms with E-state index in [2.05, 4.69) is 25.3 Å². The van der Waals surface area contributed by atoms with Crippen molar-refractivity contribution in [3.05, 3.63) is 29.6 Å². The molecule has 2 aromatic rings. The summed E-state index contributed by atoms with van der Waals surface area (Å²) in [5, 5.41) is 23.4. The Morgan fingerprint density at radius 3 is 3.08 bits per heavy atom. The van der Waals surface area contributed by atoms with Gasteiger partial charge >= 0.3 is 0 Å². The predicted molar refractivity (Wildman–Crippen MR) is 99.3 cm³/mol.